The molecule has 0 unspecified atom stereocenters. The number of imidazole rings is 1. The minimum absolute atomic E-state index is 0.276. The van der Waals surface area contributed by atoms with Crippen molar-refractivity contribution in [2.75, 3.05) is 12.4 Å². The average molecular weight is 308 g/mol. The number of rotatable bonds is 3. The number of thiazole rings is 1. The second kappa shape index (κ2) is 5.15. The van der Waals surface area contributed by atoms with Gasteiger partial charge in [-0.3, -0.25) is 9.20 Å². The van der Waals surface area contributed by atoms with E-state index >= 15 is 0 Å². The Morgan fingerprint density at radius 1 is 1.50 bits per heavy atom. The largest absolute Gasteiger partial charge is 0.495 e. The molecule has 3 aromatic rings. The van der Waals surface area contributed by atoms with Crippen molar-refractivity contribution >= 4 is 39.5 Å². The molecule has 0 bridgehead atoms. The molecule has 2 aromatic heterocycles. The molecule has 7 heteroatoms. The Balaban J connectivity index is 1.81. The summed E-state index contributed by atoms with van der Waals surface area (Å²) < 4.78 is 6.87. The molecule has 5 nitrogen and oxygen atoms in total. The van der Waals surface area contributed by atoms with Crippen LogP contribution in [0, 0.1) is 0 Å². The number of benzene rings is 1. The van der Waals surface area contributed by atoms with Crippen molar-refractivity contribution in [3.8, 4) is 5.75 Å². The molecule has 1 aromatic carbocycles. The van der Waals surface area contributed by atoms with E-state index in [-0.39, 0.29) is 5.91 Å². The van der Waals surface area contributed by atoms with Crippen LogP contribution in [0.2, 0.25) is 5.02 Å². The summed E-state index contributed by atoms with van der Waals surface area (Å²) >= 11 is 7.48. The number of anilines is 1. The van der Waals surface area contributed by atoms with Gasteiger partial charge in [-0.15, -0.1) is 11.3 Å². The number of halogens is 1. The number of ether oxygens (including phenoxy) is 1. The molecule has 0 aliphatic heterocycles. The molecule has 0 radical (unpaired) electrons. The fraction of sp³-hybridized carbons (Fsp3) is 0.0769. The molecule has 0 saturated heterocycles. The highest BCUT2D eigenvalue weighted by atomic mass is 35.5. The lowest BCUT2D eigenvalue weighted by atomic mass is 10.3. The van der Waals surface area contributed by atoms with Gasteiger partial charge in [0.1, 0.15) is 11.4 Å². The monoisotopic (exact) mass is 307 g/mol. The van der Waals surface area contributed by atoms with E-state index in [9.17, 15) is 4.79 Å². The second-order valence-electron chi connectivity index (χ2n) is 4.02. The van der Waals surface area contributed by atoms with E-state index in [1.165, 1.54) is 18.4 Å². The van der Waals surface area contributed by atoms with E-state index < -0.39 is 0 Å². The van der Waals surface area contributed by atoms with Gasteiger partial charge >= 0.3 is 0 Å². The molecule has 0 spiro atoms. The number of hydrogen-bond donors (Lipinski definition) is 1. The highest BCUT2D eigenvalue weighted by molar-refractivity contribution is 7.15. The van der Waals surface area contributed by atoms with Crippen molar-refractivity contribution in [2.24, 2.45) is 0 Å². The van der Waals surface area contributed by atoms with Crippen LogP contribution in [0.25, 0.3) is 4.96 Å². The first kappa shape index (κ1) is 13.0. The number of amides is 1. The molecule has 0 aliphatic rings. The molecule has 0 fully saturated rings. The highest BCUT2D eigenvalue weighted by Crippen LogP contribution is 2.27. The standard InChI is InChI=1S/C13H10ClN3O2S/c1-19-11-3-2-8(6-9(11)14)15-12(18)10-7-17-4-5-20-13(17)16-10/h2-7H,1H3,(H,15,18). The molecule has 0 saturated carbocycles. The van der Waals surface area contributed by atoms with Crippen LogP contribution in [0.4, 0.5) is 5.69 Å². The predicted octanol–water partition coefficient (Wildman–Crippen LogP) is 3.31. The van der Waals surface area contributed by atoms with Gasteiger partial charge in [0.05, 0.1) is 12.1 Å². The Morgan fingerprint density at radius 2 is 2.35 bits per heavy atom. The van der Waals surface area contributed by atoms with Crippen molar-refractivity contribution in [1.82, 2.24) is 9.38 Å². The van der Waals surface area contributed by atoms with Gasteiger partial charge in [0.2, 0.25) is 0 Å². The van der Waals surface area contributed by atoms with E-state index in [1.54, 1.807) is 28.8 Å². The minimum Gasteiger partial charge on any atom is -0.495 e. The lowest BCUT2D eigenvalue weighted by molar-refractivity contribution is 0.102. The summed E-state index contributed by atoms with van der Waals surface area (Å²) in [7, 11) is 1.54. The van der Waals surface area contributed by atoms with Gasteiger partial charge in [0.15, 0.2) is 4.96 Å². The average Bonchev–Trinajstić information content (AvgIpc) is 2.99. The van der Waals surface area contributed by atoms with Crippen molar-refractivity contribution < 1.29 is 9.53 Å². The molecular formula is C13H10ClN3O2S. The maximum Gasteiger partial charge on any atom is 0.275 e. The maximum absolute atomic E-state index is 12.1. The zero-order valence-corrected chi connectivity index (χ0v) is 12.0. The lowest BCUT2D eigenvalue weighted by Crippen LogP contribution is -2.12. The number of fused-ring (bicyclic) bond motifs is 1. The summed E-state index contributed by atoms with van der Waals surface area (Å²) in [5.41, 5.74) is 0.959. The van der Waals surface area contributed by atoms with Crippen LogP contribution in [0.15, 0.2) is 36.0 Å². The topological polar surface area (TPSA) is 55.6 Å². The van der Waals surface area contributed by atoms with Crippen LogP contribution >= 0.6 is 22.9 Å². The molecule has 1 N–H and O–H groups in total. The number of carbonyl (C=O) groups excluding carboxylic acids is 1. The third-order valence-corrected chi connectivity index (χ3v) is 3.80. The van der Waals surface area contributed by atoms with Crippen molar-refractivity contribution in [1.29, 1.82) is 0 Å². The summed E-state index contributed by atoms with van der Waals surface area (Å²) in [6, 6.07) is 5.06. The van der Waals surface area contributed by atoms with Gasteiger partial charge in [0.25, 0.3) is 5.91 Å². The number of nitrogens with zero attached hydrogens (tertiary/aromatic N) is 2. The predicted molar refractivity (Wildman–Crippen MR) is 79.0 cm³/mol. The van der Waals surface area contributed by atoms with Crippen LogP contribution in [0.1, 0.15) is 10.5 Å². The summed E-state index contributed by atoms with van der Waals surface area (Å²) in [6.07, 6.45) is 3.54. The third kappa shape index (κ3) is 2.35. The molecule has 102 valence electrons. The fourth-order valence-corrected chi connectivity index (χ4v) is 2.73. The van der Waals surface area contributed by atoms with Crippen LogP contribution in [0.5, 0.6) is 5.75 Å². The number of nitrogens with one attached hydrogen (secondary N) is 1. The smallest absolute Gasteiger partial charge is 0.275 e. The summed E-state index contributed by atoms with van der Waals surface area (Å²) in [5.74, 6) is 0.286. The second-order valence-corrected chi connectivity index (χ2v) is 5.30. The zero-order valence-electron chi connectivity index (χ0n) is 10.5. The lowest BCUT2D eigenvalue weighted by Gasteiger charge is -2.06. The molecule has 0 atom stereocenters. The molecule has 0 aliphatic carbocycles. The normalized spacial score (nSPS) is 10.7. The minimum atomic E-state index is -0.276. The number of methoxy groups -OCH3 is 1. The first-order valence-electron chi connectivity index (χ1n) is 5.74. The van der Waals surface area contributed by atoms with Gasteiger partial charge in [0, 0.05) is 23.5 Å². The van der Waals surface area contributed by atoms with Gasteiger partial charge in [-0.25, -0.2) is 4.98 Å². The van der Waals surface area contributed by atoms with E-state index in [4.69, 9.17) is 16.3 Å². The molecule has 2 heterocycles. The van der Waals surface area contributed by atoms with Crippen LogP contribution < -0.4 is 10.1 Å². The molecule has 20 heavy (non-hydrogen) atoms. The first-order chi connectivity index (χ1) is 9.67. The Bertz CT molecular complexity index is 752. The van der Waals surface area contributed by atoms with Crippen LogP contribution in [-0.2, 0) is 0 Å². The molecular weight excluding hydrogens is 298 g/mol. The zero-order chi connectivity index (χ0) is 14.1. The molecule has 3 rings (SSSR count). The van der Waals surface area contributed by atoms with Crippen LogP contribution in [0.3, 0.4) is 0 Å². The molecule has 1 amide bonds. The van der Waals surface area contributed by atoms with E-state index in [0.717, 1.165) is 4.96 Å². The summed E-state index contributed by atoms with van der Waals surface area (Å²) in [4.78, 5) is 17.1. The van der Waals surface area contributed by atoms with Gasteiger partial charge in [-0.1, -0.05) is 11.6 Å². The van der Waals surface area contributed by atoms with Crippen molar-refractivity contribution in [2.45, 2.75) is 0 Å². The third-order valence-electron chi connectivity index (χ3n) is 2.74. The van der Waals surface area contributed by atoms with E-state index in [2.05, 4.69) is 10.3 Å². The maximum atomic E-state index is 12.1. The Labute approximate surface area is 123 Å². The van der Waals surface area contributed by atoms with Gasteiger partial charge < -0.3 is 10.1 Å². The van der Waals surface area contributed by atoms with E-state index in [1.807, 2.05) is 11.6 Å². The van der Waals surface area contributed by atoms with Crippen LogP contribution in [-0.4, -0.2) is 22.4 Å². The number of hydrogen-bond acceptors (Lipinski definition) is 4. The van der Waals surface area contributed by atoms with E-state index in [0.29, 0.717) is 22.2 Å². The Kier molecular flexibility index (Phi) is 3.33. The summed E-state index contributed by atoms with van der Waals surface area (Å²) in [6.45, 7) is 0. The first-order valence-corrected chi connectivity index (χ1v) is 7.00. The highest BCUT2D eigenvalue weighted by Gasteiger charge is 2.12. The Hall–Kier alpha value is -2.05. The fourth-order valence-electron chi connectivity index (χ4n) is 1.78. The quantitative estimate of drug-likeness (QED) is 0.807. The van der Waals surface area contributed by atoms with Gasteiger partial charge in [-0.2, -0.15) is 0 Å². The Morgan fingerprint density at radius 3 is 3.05 bits per heavy atom. The van der Waals surface area contributed by atoms with Crippen molar-refractivity contribution in [3.63, 3.8) is 0 Å². The SMILES string of the molecule is COc1ccc(NC(=O)c2cn3ccsc3n2)cc1Cl. The summed E-state index contributed by atoms with van der Waals surface area (Å²) in [5, 5.41) is 5.10. The number of aromatic nitrogens is 2. The van der Waals surface area contributed by atoms with Crippen molar-refractivity contribution in [3.05, 3.63) is 46.7 Å². The number of carbonyl (C=O) groups is 1. The van der Waals surface area contributed by atoms with Gasteiger partial charge in [-0.05, 0) is 18.2 Å².